The Kier molecular flexibility index (Phi) is 10.2. The number of phenols is 2. The van der Waals surface area contributed by atoms with E-state index in [1.54, 1.807) is 0 Å². The maximum atomic E-state index is 10.1. The molecule has 0 aliphatic heterocycles. The molecule has 0 amide bonds. The van der Waals surface area contributed by atoms with E-state index >= 15 is 0 Å². The van der Waals surface area contributed by atoms with E-state index in [2.05, 4.69) is 0 Å². The van der Waals surface area contributed by atoms with Crippen LogP contribution >= 0.6 is 0 Å². The lowest BCUT2D eigenvalue weighted by Crippen LogP contribution is -1.78. The standard InChI is InChI=1S/C7H6O3.C2H6.CH4O/c8-4-5-3-6(9)1-2-7(5)10;2*1-2/h1-4,9-10H;1-2H3;2H,1H3. The fraction of sp³-hybridized carbons (Fsp3) is 0.300. The van der Waals surface area contributed by atoms with Crippen LogP contribution in [0.5, 0.6) is 11.5 Å². The molecule has 0 saturated carbocycles. The Morgan fingerprint density at radius 2 is 1.64 bits per heavy atom. The summed E-state index contributed by atoms with van der Waals surface area (Å²) in [6.45, 7) is 4.00. The van der Waals surface area contributed by atoms with Gasteiger partial charge in [0.05, 0.1) is 5.56 Å². The highest BCUT2D eigenvalue weighted by Crippen LogP contribution is 2.19. The summed E-state index contributed by atoms with van der Waals surface area (Å²) in [5.41, 5.74) is 0.0972. The van der Waals surface area contributed by atoms with Crippen molar-refractivity contribution in [2.75, 3.05) is 7.11 Å². The number of hydrogen-bond acceptors (Lipinski definition) is 4. The number of carbonyl (C=O) groups excluding carboxylic acids is 1. The Hall–Kier alpha value is -1.55. The van der Waals surface area contributed by atoms with Crippen molar-refractivity contribution in [2.24, 2.45) is 0 Å². The van der Waals surface area contributed by atoms with Crippen LogP contribution in [-0.2, 0) is 0 Å². The van der Waals surface area contributed by atoms with Gasteiger partial charge in [-0.2, -0.15) is 0 Å². The molecule has 1 aromatic carbocycles. The van der Waals surface area contributed by atoms with E-state index in [0.717, 1.165) is 7.11 Å². The molecule has 0 bridgehead atoms. The number of carbonyl (C=O) groups is 1. The van der Waals surface area contributed by atoms with E-state index in [4.69, 9.17) is 15.3 Å². The lowest BCUT2D eigenvalue weighted by Gasteiger charge is -1.95. The molecule has 1 rings (SSSR count). The van der Waals surface area contributed by atoms with Crippen LogP contribution < -0.4 is 0 Å². The van der Waals surface area contributed by atoms with E-state index in [1.807, 2.05) is 13.8 Å². The predicted molar refractivity (Wildman–Crippen MR) is 54.6 cm³/mol. The summed E-state index contributed by atoms with van der Waals surface area (Å²) in [7, 11) is 1.00. The number of aldehydes is 1. The highest BCUT2D eigenvalue weighted by atomic mass is 16.3. The Morgan fingerprint density at radius 1 is 1.14 bits per heavy atom. The van der Waals surface area contributed by atoms with Crippen LogP contribution in [0.2, 0.25) is 0 Å². The van der Waals surface area contributed by atoms with Crippen molar-refractivity contribution in [3.8, 4) is 11.5 Å². The first-order valence-electron chi connectivity index (χ1n) is 4.16. The Bertz CT molecular complexity index is 258. The molecular weight excluding hydrogens is 184 g/mol. The SMILES string of the molecule is CC.CO.O=Cc1cc(O)ccc1O. The molecule has 3 N–H and O–H groups in total. The molecule has 4 heteroatoms. The normalized spacial score (nSPS) is 7.43. The highest BCUT2D eigenvalue weighted by molar-refractivity contribution is 5.79. The van der Waals surface area contributed by atoms with Crippen molar-refractivity contribution >= 4 is 6.29 Å². The van der Waals surface area contributed by atoms with E-state index in [0.29, 0.717) is 6.29 Å². The summed E-state index contributed by atoms with van der Waals surface area (Å²) in [4.78, 5) is 10.1. The predicted octanol–water partition coefficient (Wildman–Crippen LogP) is 1.54. The number of benzene rings is 1. The number of hydrogen-bond donors (Lipinski definition) is 3. The number of rotatable bonds is 1. The molecule has 4 nitrogen and oxygen atoms in total. The Balaban J connectivity index is 0. The minimum Gasteiger partial charge on any atom is -0.508 e. The lowest BCUT2D eigenvalue weighted by atomic mass is 10.2. The highest BCUT2D eigenvalue weighted by Gasteiger charge is 1.98. The first-order valence-corrected chi connectivity index (χ1v) is 4.16. The van der Waals surface area contributed by atoms with Gasteiger partial charge in [-0.3, -0.25) is 4.79 Å². The summed E-state index contributed by atoms with van der Waals surface area (Å²) >= 11 is 0. The summed E-state index contributed by atoms with van der Waals surface area (Å²) < 4.78 is 0. The maximum Gasteiger partial charge on any atom is 0.153 e. The van der Waals surface area contributed by atoms with Crippen LogP contribution in [0, 0.1) is 0 Å². The van der Waals surface area contributed by atoms with Gasteiger partial charge in [-0.15, -0.1) is 0 Å². The van der Waals surface area contributed by atoms with Crippen LogP contribution in [-0.4, -0.2) is 28.7 Å². The first-order chi connectivity index (χ1) is 6.74. The first kappa shape index (κ1) is 14.9. The van der Waals surface area contributed by atoms with E-state index in [1.165, 1.54) is 18.2 Å². The molecule has 0 spiro atoms. The number of aliphatic hydroxyl groups excluding tert-OH is 1. The zero-order chi connectivity index (χ0) is 11.6. The minimum atomic E-state index is -0.118. The van der Waals surface area contributed by atoms with Gasteiger partial charge in [-0.1, -0.05) is 13.8 Å². The molecule has 0 saturated heterocycles. The zero-order valence-corrected chi connectivity index (χ0v) is 8.56. The van der Waals surface area contributed by atoms with E-state index in [9.17, 15) is 4.79 Å². The topological polar surface area (TPSA) is 77.8 Å². The second kappa shape index (κ2) is 9.54. The molecule has 0 atom stereocenters. The molecular formula is C10H16O4. The summed E-state index contributed by atoms with van der Waals surface area (Å²) in [6, 6.07) is 3.77. The molecule has 0 unspecified atom stereocenters. The van der Waals surface area contributed by atoms with Crippen molar-refractivity contribution < 1.29 is 20.1 Å². The smallest absolute Gasteiger partial charge is 0.153 e. The van der Waals surface area contributed by atoms with Crippen LogP contribution in [0.25, 0.3) is 0 Å². The fourth-order valence-corrected chi connectivity index (χ4v) is 0.636. The van der Waals surface area contributed by atoms with Gasteiger partial charge in [-0.25, -0.2) is 0 Å². The quantitative estimate of drug-likeness (QED) is 0.474. The second-order valence-electron chi connectivity index (χ2n) is 1.86. The molecule has 0 aromatic heterocycles. The summed E-state index contributed by atoms with van der Waals surface area (Å²) in [6.07, 6.45) is 0.481. The third-order valence-electron chi connectivity index (χ3n) is 1.14. The lowest BCUT2D eigenvalue weighted by molar-refractivity contribution is 0.112. The van der Waals surface area contributed by atoms with Crippen LogP contribution in [0.15, 0.2) is 18.2 Å². The van der Waals surface area contributed by atoms with E-state index < -0.39 is 0 Å². The van der Waals surface area contributed by atoms with E-state index in [-0.39, 0.29) is 17.1 Å². The van der Waals surface area contributed by atoms with Gasteiger partial charge in [0.25, 0.3) is 0 Å². The Morgan fingerprint density at radius 3 is 2.00 bits per heavy atom. The molecule has 0 heterocycles. The minimum absolute atomic E-state index is 0.0279. The molecule has 80 valence electrons. The third kappa shape index (κ3) is 5.16. The van der Waals surface area contributed by atoms with Gasteiger partial charge >= 0.3 is 0 Å². The Labute approximate surface area is 83.4 Å². The second-order valence-corrected chi connectivity index (χ2v) is 1.86. The van der Waals surface area contributed by atoms with Gasteiger partial charge in [0.15, 0.2) is 6.29 Å². The van der Waals surface area contributed by atoms with Crippen LogP contribution in [0.3, 0.4) is 0 Å². The van der Waals surface area contributed by atoms with Crippen molar-refractivity contribution in [3.05, 3.63) is 23.8 Å². The van der Waals surface area contributed by atoms with Crippen molar-refractivity contribution in [1.29, 1.82) is 0 Å². The van der Waals surface area contributed by atoms with Gasteiger partial charge in [-0.05, 0) is 18.2 Å². The van der Waals surface area contributed by atoms with Crippen molar-refractivity contribution in [2.45, 2.75) is 13.8 Å². The van der Waals surface area contributed by atoms with Gasteiger partial charge in [0.2, 0.25) is 0 Å². The van der Waals surface area contributed by atoms with Crippen LogP contribution in [0.4, 0.5) is 0 Å². The average Bonchev–Trinajstić information content (AvgIpc) is 2.27. The molecule has 1 aromatic rings. The summed E-state index contributed by atoms with van der Waals surface area (Å²) in [5, 5.41) is 24.7. The van der Waals surface area contributed by atoms with Gasteiger partial charge in [0.1, 0.15) is 11.5 Å². The molecule has 0 aliphatic rings. The van der Waals surface area contributed by atoms with Crippen LogP contribution in [0.1, 0.15) is 24.2 Å². The third-order valence-corrected chi connectivity index (χ3v) is 1.14. The van der Waals surface area contributed by atoms with Crippen molar-refractivity contribution in [3.63, 3.8) is 0 Å². The maximum absolute atomic E-state index is 10.1. The van der Waals surface area contributed by atoms with Crippen molar-refractivity contribution in [1.82, 2.24) is 0 Å². The largest absolute Gasteiger partial charge is 0.508 e. The zero-order valence-electron chi connectivity index (χ0n) is 8.56. The average molecular weight is 200 g/mol. The molecule has 0 aliphatic carbocycles. The molecule has 0 fully saturated rings. The van der Waals surface area contributed by atoms with Gasteiger partial charge < -0.3 is 15.3 Å². The molecule has 14 heavy (non-hydrogen) atoms. The number of aliphatic hydroxyl groups is 1. The number of phenolic OH excluding ortho intramolecular Hbond substituents is 2. The molecule has 0 radical (unpaired) electrons. The number of aromatic hydroxyl groups is 2. The summed E-state index contributed by atoms with van der Waals surface area (Å²) in [5.74, 6) is -0.146. The van der Waals surface area contributed by atoms with Gasteiger partial charge in [0, 0.05) is 7.11 Å². The monoisotopic (exact) mass is 200 g/mol. The fourth-order valence-electron chi connectivity index (χ4n) is 0.636.